The molecule has 1 unspecified atom stereocenters. The Morgan fingerprint density at radius 3 is 2.18 bits per heavy atom. The molecule has 4 nitrogen and oxygen atoms in total. The van der Waals surface area contributed by atoms with Gasteiger partial charge >= 0.3 is 0 Å². The summed E-state index contributed by atoms with van der Waals surface area (Å²) in [6, 6.07) is 0. The van der Waals surface area contributed by atoms with Crippen LogP contribution >= 0.6 is 11.8 Å². The Labute approximate surface area is 140 Å². The number of thioether (sulfide) groups is 1. The van der Waals surface area contributed by atoms with Gasteiger partial charge < -0.3 is 10.2 Å². The molecule has 22 heavy (non-hydrogen) atoms. The highest BCUT2D eigenvalue weighted by Gasteiger charge is 2.37. The standard InChI is InChI=1S/C17H32N2O2S/c1-9-10-18-14(20)12-22-17(5,6)11-13(16(2,3)4)15(21)19(7)8/h9,13H,1,10-12H2,2-8H3,(H,18,20). The molecular weight excluding hydrogens is 296 g/mol. The topological polar surface area (TPSA) is 49.4 Å². The van der Waals surface area contributed by atoms with Gasteiger partial charge in [0.15, 0.2) is 0 Å². The van der Waals surface area contributed by atoms with Crippen molar-refractivity contribution in [2.24, 2.45) is 11.3 Å². The average molecular weight is 329 g/mol. The van der Waals surface area contributed by atoms with Gasteiger partial charge in [0, 0.05) is 31.3 Å². The molecule has 0 aliphatic rings. The summed E-state index contributed by atoms with van der Waals surface area (Å²) in [6.45, 7) is 14.5. The third kappa shape index (κ3) is 7.87. The summed E-state index contributed by atoms with van der Waals surface area (Å²) in [5.41, 5.74) is -0.107. The van der Waals surface area contributed by atoms with E-state index < -0.39 is 0 Å². The van der Waals surface area contributed by atoms with Crippen LogP contribution in [0.5, 0.6) is 0 Å². The van der Waals surface area contributed by atoms with Crippen LogP contribution in [0, 0.1) is 11.3 Å². The zero-order valence-electron chi connectivity index (χ0n) is 15.2. The molecule has 0 aromatic heterocycles. The van der Waals surface area contributed by atoms with Crippen LogP contribution in [-0.2, 0) is 9.59 Å². The lowest BCUT2D eigenvalue weighted by Gasteiger charge is -2.37. The summed E-state index contributed by atoms with van der Waals surface area (Å²) in [5, 5.41) is 2.78. The van der Waals surface area contributed by atoms with Crippen LogP contribution in [-0.4, -0.2) is 47.9 Å². The second kappa shape index (κ2) is 8.61. The van der Waals surface area contributed by atoms with E-state index in [4.69, 9.17) is 0 Å². The van der Waals surface area contributed by atoms with Gasteiger partial charge in [0.25, 0.3) is 0 Å². The Morgan fingerprint density at radius 2 is 1.77 bits per heavy atom. The lowest BCUT2D eigenvalue weighted by Crippen LogP contribution is -2.41. The monoisotopic (exact) mass is 328 g/mol. The molecular formula is C17H32N2O2S. The molecule has 0 aromatic carbocycles. The zero-order valence-corrected chi connectivity index (χ0v) is 16.0. The van der Waals surface area contributed by atoms with Crippen molar-refractivity contribution in [3.63, 3.8) is 0 Å². The van der Waals surface area contributed by atoms with E-state index >= 15 is 0 Å². The molecule has 0 aromatic rings. The highest BCUT2D eigenvalue weighted by molar-refractivity contribution is 8.01. The van der Waals surface area contributed by atoms with Crippen LogP contribution < -0.4 is 5.32 Å². The van der Waals surface area contributed by atoms with Crippen LogP contribution in [0.3, 0.4) is 0 Å². The van der Waals surface area contributed by atoms with Crippen molar-refractivity contribution in [2.45, 2.75) is 45.8 Å². The number of nitrogens with zero attached hydrogens (tertiary/aromatic N) is 1. The van der Waals surface area contributed by atoms with E-state index in [-0.39, 0.29) is 27.9 Å². The van der Waals surface area contributed by atoms with Gasteiger partial charge in [0.1, 0.15) is 0 Å². The van der Waals surface area contributed by atoms with Gasteiger partial charge in [-0.05, 0) is 11.8 Å². The summed E-state index contributed by atoms with van der Waals surface area (Å²) in [6.07, 6.45) is 2.41. The Morgan fingerprint density at radius 1 is 1.23 bits per heavy atom. The highest BCUT2D eigenvalue weighted by Crippen LogP contribution is 2.39. The Bertz CT molecular complexity index is 398. The maximum atomic E-state index is 12.5. The fraction of sp³-hybridized carbons (Fsp3) is 0.765. The summed E-state index contributed by atoms with van der Waals surface area (Å²) < 4.78 is -0.144. The lowest BCUT2D eigenvalue weighted by molar-refractivity contribution is -0.137. The normalized spacial score (nSPS) is 13.4. The molecule has 128 valence electrons. The van der Waals surface area contributed by atoms with Crippen molar-refractivity contribution in [2.75, 3.05) is 26.4 Å². The molecule has 0 spiro atoms. The third-order valence-electron chi connectivity index (χ3n) is 3.52. The molecule has 5 heteroatoms. The number of carbonyl (C=O) groups excluding carboxylic acids is 2. The predicted molar refractivity (Wildman–Crippen MR) is 96.0 cm³/mol. The van der Waals surface area contributed by atoms with Crippen LogP contribution in [0.25, 0.3) is 0 Å². The van der Waals surface area contributed by atoms with Gasteiger partial charge in [0.05, 0.1) is 5.75 Å². The van der Waals surface area contributed by atoms with Gasteiger partial charge in [-0.2, -0.15) is 0 Å². The smallest absolute Gasteiger partial charge is 0.230 e. The first-order valence-electron chi connectivity index (χ1n) is 7.63. The van der Waals surface area contributed by atoms with E-state index in [1.807, 2.05) is 0 Å². The van der Waals surface area contributed by atoms with Crippen molar-refractivity contribution in [1.29, 1.82) is 0 Å². The first kappa shape index (κ1) is 21.0. The third-order valence-corrected chi connectivity index (χ3v) is 4.87. The van der Waals surface area contributed by atoms with Crippen LogP contribution in [0.2, 0.25) is 0 Å². The first-order chi connectivity index (χ1) is 9.90. The summed E-state index contributed by atoms with van der Waals surface area (Å²) in [4.78, 5) is 25.9. The highest BCUT2D eigenvalue weighted by atomic mass is 32.2. The molecule has 0 aliphatic heterocycles. The van der Waals surface area contributed by atoms with Gasteiger partial charge in [-0.1, -0.05) is 40.7 Å². The fourth-order valence-electron chi connectivity index (χ4n) is 2.12. The average Bonchev–Trinajstić information content (AvgIpc) is 2.38. The van der Waals surface area contributed by atoms with E-state index in [0.717, 1.165) is 6.42 Å². The number of nitrogens with one attached hydrogen (secondary N) is 1. The van der Waals surface area contributed by atoms with Gasteiger partial charge in [0.2, 0.25) is 11.8 Å². The fourth-order valence-corrected chi connectivity index (χ4v) is 3.03. The van der Waals surface area contributed by atoms with Crippen LogP contribution in [0.4, 0.5) is 0 Å². The first-order valence-corrected chi connectivity index (χ1v) is 8.62. The molecule has 0 saturated carbocycles. The van der Waals surface area contributed by atoms with Gasteiger partial charge in [-0.25, -0.2) is 0 Å². The Hall–Kier alpha value is -0.970. The molecule has 0 heterocycles. The molecule has 0 radical (unpaired) electrons. The summed E-state index contributed by atoms with van der Waals surface area (Å²) in [5.74, 6) is 0.483. The Kier molecular flexibility index (Phi) is 8.23. The van der Waals surface area contributed by atoms with E-state index in [2.05, 4.69) is 46.5 Å². The molecule has 0 aliphatic carbocycles. The minimum absolute atomic E-state index is 0.00391. The number of rotatable bonds is 8. The number of carbonyl (C=O) groups is 2. The molecule has 0 bridgehead atoms. The van der Waals surface area contributed by atoms with Crippen molar-refractivity contribution in [1.82, 2.24) is 10.2 Å². The summed E-state index contributed by atoms with van der Waals surface area (Å²) in [7, 11) is 3.59. The maximum Gasteiger partial charge on any atom is 0.230 e. The van der Waals surface area contributed by atoms with E-state index in [0.29, 0.717) is 12.3 Å². The number of hydrogen-bond acceptors (Lipinski definition) is 3. The van der Waals surface area contributed by atoms with Crippen molar-refractivity contribution < 1.29 is 9.59 Å². The number of hydrogen-bond donors (Lipinski definition) is 1. The van der Waals surface area contributed by atoms with E-state index in [1.165, 1.54) is 0 Å². The van der Waals surface area contributed by atoms with E-state index in [9.17, 15) is 9.59 Å². The van der Waals surface area contributed by atoms with Gasteiger partial charge in [-0.15, -0.1) is 18.3 Å². The molecule has 2 amide bonds. The number of amides is 2. The second-order valence-electron chi connectivity index (χ2n) is 7.50. The zero-order chi connectivity index (χ0) is 17.6. The minimum atomic E-state index is -0.144. The summed E-state index contributed by atoms with van der Waals surface area (Å²) >= 11 is 1.59. The van der Waals surface area contributed by atoms with Crippen LogP contribution in [0.1, 0.15) is 41.0 Å². The molecule has 1 atom stereocenters. The second-order valence-corrected chi connectivity index (χ2v) is 9.18. The van der Waals surface area contributed by atoms with Crippen molar-refractivity contribution >= 4 is 23.6 Å². The minimum Gasteiger partial charge on any atom is -0.352 e. The molecule has 0 rings (SSSR count). The molecule has 0 saturated heterocycles. The lowest BCUT2D eigenvalue weighted by atomic mass is 9.75. The SMILES string of the molecule is C=CCNC(=O)CSC(C)(C)CC(C(=O)N(C)C)C(C)(C)C. The van der Waals surface area contributed by atoms with Crippen molar-refractivity contribution in [3.8, 4) is 0 Å². The predicted octanol–water partition coefficient (Wildman–Crippen LogP) is 2.94. The quantitative estimate of drug-likeness (QED) is 0.697. The Balaban J connectivity index is 4.78. The van der Waals surface area contributed by atoms with E-state index in [1.54, 1.807) is 36.8 Å². The molecule has 1 N–H and O–H groups in total. The van der Waals surface area contributed by atoms with Crippen LogP contribution in [0.15, 0.2) is 12.7 Å². The maximum absolute atomic E-state index is 12.5. The largest absolute Gasteiger partial charge is 0.352 e. The van der Waals surface area contributed by atoms with Crippen molar-refractivity contribution in [3.05, 3.63) is 12.7 Å². The van der Waals surface area contributed by atoms with Gasteiger partial charge in [-0.3, -0.25) is 9.59 Å². The molecule has 0 fully saturated rings.